The number of rotatable bonds is 4. The zero-order valence-corrected chi connectivity index (χ0v) is 14.6. The van der Waals surface area contributed by atoms with E-state index in [0.717, 1.165) is 0 Å². The van der Waals surface area contributed by atoms with Gasteiger partial charge in [-0.1, -0.05) is 0 Å². The highest BCUT2D eigenvalue weighted by Crippen LogP contribution is 2.35. The first-order chi connectivity index (χ1) is 10.8. The average molecular weight is 342 g/mol. The third-order valence-electron chi connectivity index (χ3n) is 4.05. The lowest BCUT2D eigenvalue weighted by Gasteiger charge is -2.33. The van der Waals surface area contributed by atoms with Crippen molar-refractivity contribution in [3.05, 3.63) is 17.7 Å². The van der Waals surface area contributed by atoms with Gasteiger partial charge in [-0.15, -0.1) is 0 Å². The van der Waals surface area contributed by atoms with Crippen LogP contribution in [0.25, 0.3) is 0 Å². The van der Waals surface area contributed by atoms with Gasteiger partial charge in [-0.05, 0) is 19.1 Å². The van der Waals surface area contributed by atoms with Crippen molar-refractivity contribution in [3.63, 3.8) is 0 Å². The summed E-state index contributed by atoms with van der Waals surface area (Å²) in [5.41, 5.74) is 0.637. The van der Waals surface area contributed by atoms with Crippen LogP contribution in [-0.4, -0.2) is 63.9 Å². The third kappa shape index (κ3) is 3.28. The standard InChI is InChI=1S/C15H22N2O5S/c1-11-13(21-3)5-6-14(15(11)22-4)23(19,20)17-9-7-16(8-10-17)12(2)18/h5-6H,7-10H2,1-4H3. The summed E-state index contributed by atoms with van der Waals surface area (Å²) >= 11 is 0. The summed E-state index contributed by atoms with van der Waals surface area (Å²) in [5, 5.41) is 0. The van der Waals surface area contributed by atoms with Crippen LogP contribution in [0, 0.1) is 6.92 Å². The van der Waals surface area contributed by atoms with E-state index in [1.165, 1.54) is 31.5 Å². The van der Waals surface area contributed by atoms with E-state index in [9.17, 15) is 13.2 Å². The highest BCUT2D eigenvalue weighted by atomic mass is 32.2. The van der Waals surface area contributed by atoms with Gasteiger partial charge in [0.05, 0.1) is 14.2 Å². The summed E-state index contributed by atoms with van der Waals surface area (Å²) in [6.07, 6.45) is 0. The lowest BCUT2D eigenvalue weighted by atomic mass is 10.2. The predicted octanol–water partition coefficient (Wildman–Crippen LogP) is 0.865. The lowest BCUT2D eigenvalue weighted by Crippen LogP contribution is -2.49. The number of amides is 1. The van der Waals surface area contributed by atoms with Crippen molar-refractivity contribution in [2.45, 2.75) is 18.7 Å². The number of carbonyl (C=O) groups excluding carboxylic acids is 1. The molecule has 0 saturated carbocycles. The molecule has 8 heteroatoms. The van der Waals surface area contributed by atoms with Gasteiger partial charge in [0, 0.05) is 38.7 Å². The number of hydrogen-bond donors (Lipinski definition) is 0. The van der Waals surface area contributed by atoms with E-state index < -0.39 is 10.0 Å². The number of hydrogen-bond acceptors (Lipinski definition) is 5. The molecule has 23 heavy (non-hydrogen) atoms. The molecular formula is C15H22N2O5S. The molecule has 2 rings (SSSR count). The molecular weight excluding hydrogens is 320 g/mol. The summed E-state index contributed by atoms with van der Waals surface area (Å²) in [7, 11) is -0.723. The van der Waals surface area contributed by atoms with E-state index in [2.05, 4.69) is 0 Å². The Bertz CT molecular complexity index is 694. The molecule has 1 saturated heterocycles. The monoisotopic (exact) mass is 342 g/mol. The van der Waals surface area contributed by atoms with Gasteiger partial charge in [0.2, 0.25) is 15.9 Å². The second-order valence-corrected chi connectivity index (χ2v) is 7.24. The first-order valence-electron chi connectivity index (χ1n) is 7.30. The fraction of sp³-hybridized carbons (Fsp3) is 0.533. The van der Waals surface area contributed by atoms with E-state index in [1.807, 2.05) is 0 Å². The maximum absolute atomic E-state index is 12.9. The van der Waals surface area contributed by atoms with E-state index in [4.69, 9.17) is 9.47 Å². The summed E-state index contributed by atoms with van der Waals surface area (Å²) < 4.78 is 37.7. The van der Waals surface area contributed by atoms with Crippen LogP contribution in [0.5, 0.6) is 11.5 Å². The van der Waals surface area contributed by atoms with Crippen LogP contribution < -0.4 is 9.47 Å². The van der Waals surface area contributed by atoms with Crippen molar-refractivity contribution in [2.75, 3.05) is 40.4 Å². The van der Waals surface area contributed by atoms with Gasteiger partial charge in [0.25, 0.3) is 0 Å². The van der Waals surface area contributed by atoms with Crippen LogP contribution in [0.15, 0.2) is 17.0 Å². The van der Waals surface area contributed by atoms with Gasteiger partial charge in [0.1, 0.15) is 16.4 Å². The average Bonchev–Trinajstić information content (AvgIpc) is 2.54. The van der Waals surface area contributed by atoms with E-state index in [1.54, 1.807) is 17.9 Å². The van der Waals surface area contributed by atoms with Gasteiger partial charge in [-0.3, -0.25) is 4.79 Å². The Labute approximate surface area is 136 Å². The molecule has 0 spiro atoms. The summed E-state index contributed by atoms with van der Waals surface area (Å²) in [6.45, 7) is 4.58. The summed E-state index contributed by atoms with van der Waals surface area (Å²) in [6, 6.07) is 3.12. The fourth-order valence-corrected chi connectivity index (χ4v) is 4.34. The quantitative estimate of drug-likeness (QED) is 0.811. The van der Waals surface area contributed by atoms with Gasteiger partial charge in [0.15, 0.2) is 0 Å². The maximum Gasteiger partial charge on any atom is 0.246 e. The number of piperazine rings is 1. The molecule has 0 radical (unpaired) electrons. The molecule has 7 nitrogen and oxygen atoms in total. The highest BCUT2D eigenvalue weighted by molar-refractivity contribution is 7.89. The molecule has 1 aliphatic rings. The maximum atomic E-state index is 12.9. The Kier molecular flexibility index (Phi) is 5.16. The SMILES string of the molecule is COc1ccc(S(=O)(=O)N2CCN(C(C)=O)CC2)c(OC)c1C. The van der Waals surface area contributed by atoms with Gasteiger partial charge >= 0.3 is 0 Å². The van der Waals surface area contributed by atoms with Crippen molar-refractivity contribution in [1.82, 2.24) is 9.21 Å². The molecule has 0 aromatic heterocycles. The number of nitrogens with zero attached hydrogens (tertiary/aromatic N) is 2. The zero-order chi connectivity index (χ0) is 17.2. The predicted molar refractivity (Wildman–Crippen MR) is 85.3 cm³/mol. The Morgan fingerprint density at radius 2 is 1.70 bits per heavy atom. The molecule has 1 amide bonds. The van der Waals surface area contributed by atoms with Crippen LogP contribution >= 0.6 is 0 Å². The van der Waals surface area contributed by atoms with Gasteiger partial charge in [-0.25, -0.2) is 8.42 Å². The fourth-order valence-electron chi connectivity index (χ4n) is 2.71. The minimum atomic E-state index is -3.69. The number of benzene rings is 1. The number of sulfonamides is 1. The van der Waals surface area contributed by atoms with Crippen molar-refractivity contribution in [3.8, 4) is 11.5 Å². The molecule has 0 N–H and O–H groups in total. The van der Waals surface area contributed by atoms with E-state index in [-0.39, 0.29) is 23.9 Å². The van der Waals surface area contributed by atoms with Crippen molar-refractivity contribution in [2.24, 2.45) is 0 Å². The van der Waals surface area contributed by atoms with Crippen LogP contribution in [0.4, 0.5) is 0 Å². The molecule has 0 aliphatic carbocycles. The van der Waals surface area contributed by atoms with E-state index >= 15 is 0 Å². The molecule has 0 bridgehead atoms. The molecule has 1 aliphatic heterocycles. The van der Waals surface area contributed by atoms with Gasteiger partial charge < -0.3 is 14.4 Å². The summed E-state index contributed by atoms with van der Waals surface area (Å²) in [4.78, 5) is 13.1. The van der Waals surface area contributed by atoms with E-state index in [0.29, 0.717) is 30.2 Å². The Morgan fingerprint density at radius 1 is 1.09 bits per heavy atom. The van der Waals surface area contributed by atoms with Crippen molar-refractivity contribution >= 4 is 15.9 Å². The molecule has 1 aromatic rings. The molecule has 1 aromatic carbocycles. The first-order valence-corrected chi connectivity index (χ1v) is 8.74. The first kappa shape index (κ1) is 17.6. The molecule has 128 valence electrons. The Hall–Kier alpha value is -1.80. The minimum Gasteiger partial charge on any atom is -0.496 e. The number of carbonyl (C=O) groups is 1. The Balaban J connectivity index is 2.34. The Morgan fingerprint density at radius 3 is 2.17 bits per heavy atom. The van der Waals surface area contributed by atoms with Gasteiger partial charge in [-0.2, -0.15) is 4.31 Å². The van der Waals surface area contributed by atoms with Crippen LogP contribution in [0.3, 0.4) is 0 Å². The van der Waals surface area contributed by atoms with Crippen molar-refractivity contribution in [1.29, 1.82) is 0 Å². The molecule has 0 unspecified atom stereocenters. The summed E-state index contributed by atoms with van der Waals surface area (Å²) in [5.74, 6) is 0.820. The highest BCUT2D eigenvalue weighted by Gasteiger charge is 2.32. The van der Waals surface area contributed by atoms with Crippen molar-refractivity contribution < 1.29 is 22.7 Å². The third-order valence-corrected chi connectivity index (χ3v) is 5.97. The molecule has 0 atom stereocenters. The molecule has 1 fully saturated rings. The normalized spacial score (nSPS) is 16.3. The molecule has 1 heterocycles. The minimum absolute atomic E-state index is 0.0417. The number of ether oxygens (including phenoxy) is 2. The topological polar surface area (TPSA) is 76.2 Å². The van der Waals surface area contributed by atoms with Crippen LogP contribution in [0.2, 0.25) is 0 Å². The smallest absolute Gasteiger partial charge is 0.246 e. The number of methoxy groups -OCH3 is 2. The second kappa shape index (κ2) is 6.76. The van der Waals surface area contributed by atoms with Crippen LogP contribution in [0.1, 0.15) is 12.5 Å². The zero-order valence-electron chi connectivity index (χ0n) is 13.8. The lowest BCUT2D eigenvalue weighted by molar-refractivity contribution is -0.129. The largest absolute Gasteiger partial charge is 0.496 e. The second-order valence-electron chi connectivity index (χ2n) is 5.33. The van der Waals surface area contributed by atoms with Crippen LogP contribution in [-0.2, 0) is 14.8 Å².